The number of aliphatic hydroxyl groups excluding tert-OH is 1. The molecule has 0 aliphatic carbocycles. The van der Waals surface area contributed by atoms with Crippen molar-refractivity contribution >= 4 is 29.6 Å². The predicted octanol–water partition coefficient (Wildman–Crippen LogP) is 0.296. The van der Waals surface area contributed by atoms with Gasteiger partial charge >= 0.3 is 29.6 Å². The summed E-state index contributed by atoms with van der Waals surface area (Å²) in [5, 5.41) is 8.15. The molecule has 1 nitrogen and oxygen atoms in total. The Morgan fingerprint density at radius 2 is 2.14 bits per heavy atom. The third kappa shape index (κ3) is 10.8. The van der Waals surface area contributed by atoms with E-state index >= 15 is 0 Å². The summed E-state index contributed by atoms with van der Waals surface area (Å²) >= 11 is 0. The molecule has 0 radical (unpaired) electrons. The van der Waals surface area contributed by atoms with Crippen molar-refractivity contribution in [2.75, 3.05) is 6.61 Å². The van der Waals surface area contributed by atoms with Crippen LogP contribution in [-0.2, 0) is 0 Å². The fraction of sp³-hybridized carbons (Fsp3) is 0.600. The average molecular weight is 110 g/mol. The molecule has 0 aromatic heterocycles. The zero-order valence-electron chi connectivity index (χ0n) is 3.85. The van der Waals surface area contributed by atoms with Crippen molar-refractivity contribution in [2.45, 2.75) is 12.8 Å². The summed E-state index contributed by atoms with van der Waals surface area (Å²) in [7, 11) is 0. The molecule has 0 amide bonds. The fourth-order valence-corrected chi connectivity index (χ4v) is 0.236. The van der Waals surface area contributed by atoms with E-state index in [1.807, 2.05) is 0 Å². The first kappa shape index (κ1) is 10.6. The second kappa shape index (κ2) is 9.85. The van der Waals surface area contributed by atoms with Gasteiger partial charge in [0, 0.05) is 6.61 Å². The molecule has 0 atom stereocenters. The van der Waals surface area contributed by atoms with Crippen molar-refractivity contribution in [3.05, 3.63) is 12.7 Å². The van der Waals surface area contributed by atoms with Crippen LogP contribution in [0.4, 0.5) is 0 Å². The molecule has 38 valence electrons. The van der Waals surface area contributed by atoms with Crippen LogP contribution in [0.25, 0.3) is 0 Å². The predicted molar refractivity (Wildman–Crippen MR) is 33.7 cm³/mol. The number of unbranched alkanes of at least 4 members (excludes halogenated alkanes) is 1. The van der Waals surface area contributed by atoms with Crippen LogP contribution >= 0.6 is 0 Å². The Bertz CT molecular complexity index is 37.1. The van der Waals surface area contributed by atoms with Crippen molar-refractivity contribution in [3.8, 4) is 0 Å². The van der Waals surface area contributed by atoms with Crippen molar-refractivity contribution in [2.24, 2.45) is 0 Å². The molecule has 0 rings (SSSR count). The van der Waals surface area contributed by atoms with Gasteiger partial charge in [-0.25, -0.2) is 0 Å². The van der Waals surface area contributed by atoms with Gasteiger partial charge in [0.1, 0.15) is 0 Å². The molecule has 0 saturated heterocycles. The Labute approximate surface area is 66.7 Å². The molecule has 0 aromatic rings. The van der Waals surface area contributed by atoms with E-state index < -0.39 is 0 Å². The van der Waals surface area contributed by atoms with Crippen molar-refractivity contribution < 1.29 is 5.11 Å². The first-order valence-electron chi connectivity index (χ1n) is 2.13. The Kier molecular flexibility index (Phi) is 15.0. The molecule has 0 bridgehead atoms. The van der Waals surface area contributed by atoms with Crippen LogP contribution in [0.3, 0.4) is 0 Å². The van der Waals surface area contributed by atoms with Gasteiger partial charge in [-0.2, -0.15) is 0 Å². The third-order valence-electron chi connectivity index (χ3n) is 0.566. The summed E-state index contributed by atoms with van der Waals surface area (Å²) < 4.78 is 0. The van der Waals surface area contributed by atoms with Crippen LogP contribution in [0.1, 0.15) is 12.8 Å². The molecule has 0 unspecified atom stereocenters. The summed E-state index contributed by atoms with van der Waals surface area (Å²) in [6.07, 6.45) is 3.58. The van der Waals surface area contributed by atoms with Crippen molar-refractivity contribution in [1.82, 2.24) is 0 Å². The Balaban J connectivity index is 0. The number of allylic oxidation sites excluding steroid dienone is 1. The van der Waals surface area contributed by atoms with Crippen LogP contribution in [0, 0.1) is 0 Å². The molecule has 0 spiro atoms. The zero-order valence-corrected chi connectivity index (χ0v) is 3.85. The monoisotopic (exact) mass is 110 g/mol. The van der Waals surface area contributed by atoms with Crippen LogP contribution in [0.5, 0.6) is 0 Å². The van der Waals surface area contributed by atoms with Gasteiger partial charge in [0.25, 0.3) is 0 Å². The second-order valence-corrected chi connectivity index (χ2v) is 1.15. The molecule has 0 saturated carbocycles. The maximum atomic E-state index is 8.15. The first-order chi connectivity index (χ1) is 2.91. The fourth-order valence-electron chi connectivity index (χ4n) is 0.236. The number of rotatable bonds is 3. The molecule has 7 heavy (non-hydrogen) atoms. The van der Waals surface area contributed by atoms with Gasteiger partial charge in [0.2, 0.25) is 0 Å². The van der Waals surface area contributed by atoms with Gasteiger partial charge in [0.05, 0.1) is 0 Å². The summed E-state index contributed by atoms with van der Waals surface area (Å²) in [5.41, 5.74) is 0. The minimum atomic E-state index is 0. The zero-order chi connectivity index (χ0) is 4.83. The first-order valence-corrected chi connectivity index (χ1v) is 2.13. The molecular formula is C5H11NaO. The Hall–Kier alpha value is 0.700. The Morgan fingerprint density at radius 1 is 1.57 bits per heavy atom. The molecule has 0 heterocycles. The molecule has 1 N–H and O–H groups in total. The molecule has 0 fully saturated rings. The average Bonchev–Trinajstić information content (AvgIpc) is 1.61. The summed E-state index contributed by atoms with van der Waals surface area (Å²) in [5.74, 6) is 0. The summed E-state index contributed by atoms with van der Waals surface area (Å²) in [4.78, 5) is 0. The number of hydrogen-bond acceptors (Lipinski definition) is 1. The SMILES string of the molecule is C=CCCCO.[NaH]. The normalized spacial score (nSPS) is 7.00. The van der Waals surface area contributed by atoms with Crippen LogP contribution in [-0.4, -0.2) is 41.3 Å². The number of aliphatic hydroxyl groups is 1. The minimum absolute atomic E-state index is 0. The quantitative estimate of drug-likeness (QED) is 0.314. The molecule has 0 aromatic carbocycles. The van der Waals surface area contributed by atoms with Crippen molar-refractivity contribution in [1.29, 1.82) is 0 Å². The van der Waals surface area contributed by atoms with Crippen LogP contribution in [0.15, 0.2) is 12.7 Å². The van der Waals surface area contributed by atoms with Gasteiger partial charge in [-0.3, -0.25) is 0 Å². The van der Waals surface area contributed by atoms with Crippen LogP contribution < -0.4 is 0 Å². The summed E-state index contributed by atoms with van der Waals surface area (Å²) in [6.45, 7) is 3.77. The maximum absolute atomic E-state index is 8.15. The van der Waals surface area contributed by atoms with E-state index in [2.05, 4.69) is 6.58 Å². The van der Waals surface area contributed by atoms with E-state index in [-0.39, 0.29) is 36.2 Å². The van der Waals surface area contributed by atoms with E-state index in [1.54, 1.807) is 6.08 Å². The third-order valence-corrected chi connectivity index (χ3v) is 0.566. The molecular weight excluding hydrogens is 99.0 g/mol. The topological polar surface area (TPSA) is 20.2 Å². The molecule has 2 heteroatoms. The van der Waals surface area contributed by atoms with Gasteiger partial charge in [-0.15, -0.1) is 6.58 Å². The van der Waals surface area contributed by atoms with E-state index in [0.717, 1.165) is 12.8 Å². The Morgan fingerprint density at radius 3 is 2.29 bits per heavy atom. The van der Waals surface area contributed by atoms with Gasteiger partial charge in [-0.1, -0.05) is 6.08 Å². The summed E-state index contributed by atoms with van der Waals surface area (Å²) in [6, 6.07) is 0. The molecule has 0 aliphatic heterocycles. The number of hydrogen-bond donors (Lipinski definition) is 1. The molecule has 0 aliphatic rings. The van der Waals surface area contributed by atoms with Gasteiger partial charge < -0.3 is 5.11 Å². The van der Waals surface area contributed by atoms with E-state index in [0.29, 0.717) is 0 Å². The van der Waals surface area contributed by atoms with E-state index in [4.69, 9.17) is 5.11 Å². The van der Waals surface area contributed by atoms with Gasteiger partial charge in [0.15, 0.2) is 0 Å². The second-order valence-electron chi connectivity index (χ2n) is 1.15. The van der Waals surface area contributed by atoms with E-state index in [1.165, 1.54) is 0 Å². The van der Waals surface area contributed by atoms with Crippen LogP contribution in [0.2, 0.25) is 0 Å². The van der Waals surface area contributed by atoms with Crippen molar-refractivity contribution in [3.63, 3.8) is 0 Å². The van der Waals surface area contributed by atoms with E-state index in [9.17, 15) is 0 Å². The standard InChI is InChI=1S/C5H10O.Na.H/c1-2-3-4-5-6;;/h2,6H,1,3-5H2;;. The van der Waals surface area contributed by atoms with Gasteiger partial charge in [-0.05, 0) is 12.8 Å².